The van der Waals surface area contributed by atoms with Gasteiger partial charge in [0.25, 0.3) is 0 Å². The van der Waals surface area contributed by atoms with Gasteiger partial charge in [-0.15, -0.1) is 0 Å². The molecule has 0 bridgehead atoms. The second-order valence-electron chi connectivity index (χ2n) is 7.46. The van der Waals surface area contributed by atoms with E-state index in [9.17, 15) is 0 Å². The fourth-order valence-corrected chi connectivity index (χ4v) is 3.61. The molecule has 1 N–H and O–H groups in total. The maximum Gasteiger partial charge on any atom is 0.345 e. The summed E-state index contributed by atoms with van der Waals surface area (Å²) in [6.07, 6.45) is 0. The normalized spacial score (nSPS) is 13.7. The lowest BCUT2D eigenvalue weighted by Gasteiger charge is -2.28. The lowest BCUT2D eigenvalue weighted by molar-refractivity contribution is 0.122. The van der Waals surface area contributed by atoms with E-state index in [4.69, 9.17) is 9.47 Å². The summed E-state index contributed by atoms with van der Waals surface area (Å²) in [5.41, 5.74) is 4.23. The van der Waals surface area contributed by atoms with E-state index in [1.165, 1.54) is 5.69 Å². The fraction of sp³-hybridized carbons (Fsp3) is 0.208. The summed E-state index contributed by atoms with van der Waals surface area (Å²) in [5, 5.41) is 15.3. The van der Waals surface area contributed by atoms with Gasteiger partial charge in [0.2, 0.25) is 0 Å². The van der Waals surface area contributed by atoms with Crippen molar-refractivity contribution in [1.82, 2.24) is 20.2 Å². The van der Waals surface area contributed by atoms with Gasteiger partial charge in [0.15, 0.2) is 0 Å². The summed E-state index contributed by atoms with van der Waals surface area (Å²) in [4.78, 5) is 2.34. The molecule has 0 spiro atoms. The standard InChI is InChI=1S/C24H24N6O2/c1-2-6-22(7-3-1)30-24(26-27-28-30)32-23-8-4-5-19(17-23)18-25-20-9-11-21(12-10-20)29-13-15-31-16-14-29/h1-12,17,25H,13-16,18H2. The number of tetrazole rings is 1. The highest BCUT2D eigenvalue weighted by atomic mass is 16.5. The number of nitrogens with one attached hydrogen (secondary N) is 1. The lowest BCUT2D eigenvalue weighted by atomic mass is 10.2. The van der Waals surface area contributed by atoms with E-state index in [1.54, 1.807) is 4.68 Å². The minimum absolute atomic E-state index is 0.319. The number of anilines is 2. The van der Waals surface area contributed by atoms with Crippen molar-refractivity contribution >= 4 is 11.4 Å². The van der Waals surface area contributed by atoms with Gasteiger partial charge in [-0.25, -0.2) is 0 Å². The number of nitrogens with zero attached hydrogens (tertiary/aromatic N) is 5. The Balaban J connectivity index is 1.22. The molecule has 8 heteroatoms. The van der Waals surface area contributed by atoms with Gasteiger partial charge in [0, 0.05) is 31.0 Å². The molecular formula is C24H24N6O2. The van der Waals surface area contributed by atoms with Gasteiger partial charge in [0.05, 0.1) is 18.9 Å². The number of rotatable bonds is 7. The Labute approximate surface area is 186 Å². The van der Waals surface area contributed by atoms with Gasteiger partial charge in [0.1, 0.15) is 5.75 Å². The molecule has 1 aliphatic rings. The van der Waals surface area contributed by atoms with E-state index in [0.29, 0.717) is 18.3 Å². The number of para-hydroxylation sites is 1. The maximum absolute atomic E-state index is 5.96. The van der Waals surface area contributed by atoms with E-state index < -0.39 is 0 Å². The molecule has 0 atom stereocenters. The average Bonchev–Trinajstić information content (AvgIpc) is 3.32. The van der Waals surface area contributed by atoms with Gasteiger partial charge in [-0.3, -0.25) is 0 Å². The molecule has 0 saturated carbocycles. The number of benzene rings is 3. The van der Waals surface area contributed by atoms with E-state index >= 15 is 0 Å². The van der Waals surface area contributed by atoms with Gasteiger partial charge in [-0.05, 0) is 64.5 Å². The summed E-state index contributed by atoms with van der Waals surface area (Å²) in [6.45, 7) is 4.13. The van der Waals surface area contributed by atoms with Crippen molar-refractivity contribution in [3.8, 4) is 17.4 Å². The molecule has 0 unspecified atom stereocenters. The maximum atomic E-state index is 5.96. The first-order chi connectivity index (χ1) is 15.8. The summed E-state index contributed by atoms with van der Waals surface area (Å²) in [6, 6.07) is 26.4. The van der Waals surface area contributed by atoms with Crippen LogP contribution in [0.3, 0.4) is 0 Å². The molecule has 8 nitrogen and oxygen atoms in total. The minimum atomic E-state index is 0.319. The monoisotopic (exact) mass is 428 g/mol. The Morgan fingerprint density at radius 2 is 1.69 bits per heavy atom. The fourth-order valence-electron chi connectivity index (χ4n) is 3.61. The Bertz CT molecular complexity index is 1140. The molecule has 3 aromatic carbocycles. The second-order valence-corrected chi connectivity index (χ2v) is 7.46. The van der Waals surface area contributed by atoms with Crippen LogP contribution in [0, 0.1) is 0 Å². The first-order valence-electron chi connectivity index (χ1n) is 10.6. The van der Waals surface area contributed by atoms with Crippen molar-refractivity contribution in [3.05, 3.63) is 84.4 Å². The average molecular weight is 428 g/mol. The van der Waals surface area contributed by atoms with Crippen LogP contribution in [0.2, 0.25) is 0 Å². The minimum Gasteiger partial charge on any atom is -0.423 e. The molecule has 1 aromatic heterocycles. The second kappa shape index (κ2) is 9.49. The summed E-state index contributed by atoms with van der Waals surface area (Å²) < 4.78 is 13.0. The quantitative estimate of drug-likeness (QED) is 0.478. The van der Waals surface area contributed by atoms with Crippen LogP contribution in [-0.4, -0.2) is 46.5 Å². The molecule has 0 amide bonds. The molecule has 4 aromatic rings. The highest BCUT2D eigenvalue weighted by Crippen LogP contribution is 2.23. The molecule has 162 valence electrons. The Morgan fingerprint density at radius 3 is 2.50 bits per heavy atom. The molecule has 32 heavy (non-hydrogen) atoms. The Hall–Kier alpha value is -3.91. The van der Waals surface area contributed by atoms with Crippen molar-refractivity contribution in [2.75, 3.05) is 36.5 Å². The van der Waals surface area contributed by atoms with Gasteiger partial charge < -0.3 is 19.7 Å². The van der Waals surface area contributed by atoms with Crippen molar-refractivity contribution in [2.45, 2.75) is 6.54 Å². The molecule has 1 aliphatic heterocycles. The van der Waals surface area contributed by atoms with Crippen molar-refractivity contribution in [3.63, 3.8) is 0 Å². The number of ether oxygens (including phenoxy) is 2. The van der Waals surface area contributed by atoms with E-state index in [1.807, 2.05) is 48.5 Å². The molecule has 0 aliphatic carbocycles. The first kappa shape index (κ1) is 20.0. The van der Waals surface area contributed by atoms with Crippen molar-refractivity contribution in [2.24, 2.45) is 0 Å². The van der Waals surface area contributed by atoms with Crippen molar-refractivity contribution in [1.29, 1.82) is 0 Å². The zero-order chi connectivity index (χ0) is 21.6. The lowest BCUT2D eigenvalue weighted by Crippen LogP contribution is -2.36. The Kier molecular flexibility index (Phi) is 5.93. The van der Waals surface area contributed by atoms with E-state index in [-0.39, 0.29) is 0 Å². The van der Waals surface area contributed by atoms with Crippen LogP contribution in [0.5, 0.6) is 11.8 Å². The third-order valence-electron chi connectivity index (χ3n) is 5.29. The van der Waals surface area contributed by atoms with Gasteiger partial charge in [-0.2, -0.15) is 4.68 Å². The van der Waals surface area contributed by atoms with Crippen LogP contribution in [-0.2, 0) is 11.3 Å². The predicted molar refractivity (Wildman–Crippen MR) is 122 cm³/mol. The third kappa shape index (κ3) is 4.70. The largest absolute Gasteiger partial charge is 0.423 e. The summed E-state index contributed by atoms with van der Waals surface area (Å²) >= 11 is 0. The van der Waals surface area contributed by atoms with E-state index in [0.717, 1.165) is 43.2 Å². The van der Waals surface area contributed by atoms with Crippen molar-refractivity contribution < 1.29 is 9.47 Å². The molecule has 0 radical (unpaired) electrons. The first-order valence-corrected chi connectivity index (χ1v) is 10.6. The van der Waals surface area contributed by atoms with Crippen LogP contribution in [0.25, 0.3) is 5.69 Å². The van der Waals surface area contributed by atoms with Crippen LogP contribution < -0.4 is 15.0 Å². The number of aromatic nitrogens is 4. The smallest absolute Gasteiger partial charge is 0.345 e. The highest BCUT2D eigenvalue weighted by molar-refractivity contribution is 5.55. The number of hydrogen-bond acceptors (Lipinski definition) is 7. The van der Waals surface area contributed by atoms with Gasteiger partial charge >= 0.3 is 6.01 Å². The molecule has 1 fully saturated rings. The SMILES string of the molecule is c1ccc(-n2nnnc2Oc2cccc(CNc3ccc(N4CCOCC4)cc3)c2)cc1. The van der Waals surface area contributed by atoms with Crippen LogP contribution in [0.15, 0.2) is 78.9 Å². The van der Waals surface area contributed by atoms with Crippen LogP contribution in [0.4, 0.5) is 11.4 Å². The summed E-state index contributed by atoms with van der Waals surface area (Å²) in [5.74, 6) is 0.680. The topological polar surface area (TPSA) is 77.3 Å². The number of hydrogen-bond donors (Lipinski definition) is 1. The third-order valence-corrected chi connectivity index (χ3v) is 5.29. The predicted octanol–water partition coefficient (Wildman–Crippen LogP) is 3.90. The van der Waals surface area contributed by atoms with Crippen LogP contribution in [0.1, 0.15) is 5.56 Å². The molecule has 2 heterocycles. The zero-order valence-electron chi connectivity index (χ0n) is 17.6. The van der Waals surface area contributed by atoms with E-state index in [2.05, 4.69) is 56.1 Å². The number of morpholine rings is 1. The molecule has 1 saturated heterocycles. The summed E-state index contributed by atoms with van der Waals surface area (Å²) in [7, 11) is 0. The zero-order valence-corrected chi connectivity index (χ0v) is 17.6. The highest BCUT2D eigenvalue weighted by Gasteiger charge is 2.12. The van der Waals surface area contributed by atoms with Crippen LogP contribution >= 0.6 is 0 Å². The van der Waals surface area contributed by atoms with Gasteiger partial charge in [-0.1, -0.05) is 35.4 Å². The molecule has 5 rings (SSSR count). The Morgan fingerprint density at radius 1 is 0.875 bits per heavy atom. The molecular weight excluding hydrogens is 404 g/mol.